The zero-order valence-electron chi connectivity index (χ0n) is 13.1. The van der Waals surface area contributed by atoms with Crippen LogP contribution in [0.25, 0.3) is 0 Å². The summed E-state index contributed by atoms with van der Waals surface area (Å²) in [6.45, 7) is 6.56. The molecule has 0 saturated carbocycles. The predicted octanol–water partition coefficient (Wildman–Crippen LogP) is 3.41. The molecule has 1 N–H and O–H groups in total. The van der Waals surface area contributed by atoms with Gasteiger partial charge in [0.15, 0.2) is 0 Å². The Morgan fingerprint density at radius 2 is 1.65 bits per heavy atom. The van der Waals surface area contributed by atoms with Crippen molar-refractivity contribution in [3.05, 3.63) is 0 Å². The highest BCUT2D eigenvalue weighted by Gasteiger charge is 2.21. The molecule has 0 saturated heterocycles. The van der Waals surface area contributed by atoms with Gasteiger partial charge >= 0.3 is 12.1 Å². The minimum atomic E-state index is -0.602. The Bertz CT molecular complexity index is 269. The van der Waals surface area contributed by atoms with Gasteiger partial charge in [-0.25, -0.2) is 9.59 Å². The second kappa shape index (κ2) is 12.8. The number of rotatable bonds is 11. The summed E-state index contributed by atoms with van der Waals surface area (Å²) in [5.74, 6) is -0.365. The van der Waals surface area contributed by atoms with Gasteiger partial charge in [0.25, 0.3) is 0 Å². The first-order chi connectivity index (χ1) is 9.65. The molecule has 5 heteroatoms. The number of nitrogens with one attached hydrogen (secondary N) is 1. The van der Waals surface area contributed by atoms with E-state index in [1.165, 1.54) is 19.3 Å². The van der Waals surface area contributed by atoms with E-state index in [1.54, 1.807) is 6.92 Å². The number of hydrogen-bond acceptors (Lipinski definition) is 4. The highest BCUT2D eigenvalue weighted by Crippen LogP contribution is 2.05. The fourth-order valence-electron chi connectivity index (χ4n) is 1.83. The highest BCUT2D eigenvalue weighted by atomic mass is 16.6. The normalized spacial score (nSPS) is 11.8. The molecular weight excluding hydrogens is 258 g/mol. The van der Waals surface area contributed by atoms with Crippen molar-refractivity contribution in [3.8, 4) is 0 Å². The van der Waals surface area contributed by atoms with E-state index in [9.17, 15) is 9.59 Å². The molecule has 0 aliphatic carbocycles. The maximum absolute atomic E-state index is 11.9. The fourth-order valence-corrected chi connectivity index (χ4v) is 1.83. The zero-order chi connectivity index (χ0) is 15.2. The maximum atomic E-state index is 11.9. The number of carbonyl (C=O) groups excluding carboxylic acids is 2. The van der Waals surface area contributed by atoms with Gasteiger partial charge in [0.05, 0.1) is 13.2 Å². The van der Waals surface area contributed by atoms with Crippen LogP contribution in [0.15, 0.2) is 0 Å². The lowest BCUT2D eigenvalue weighted by Gasteiger charge is -2.16. The Hall–Kier alpha value is -1.26. The minimum Gasteiger partial charge on any atom is -0.464 e. The van der Waals surface area contributed by atoms with Crippen LogP contribution in [0, 0.1) is 0 Å². The van der Waals surface area contributed by atoms with Crippen molar-refractivity contribution in [2.45, 2.75) is 71.8 Å². The van der Waals surface area contributed by atoms with Crippen molar-refractivity contribution in [2.24, 2.45) is 0 Å². The van der Waals surface area contributed by atoms with Crippen molar-refractivity contribution < 1.29 is 19.1 Å². The lowest BCUT2D eigenvalue weighted by atomic mass is 10.1. The molecule has 1 amide bonds. The third-order valence-corrected chi connectivity index (χ3v) is 2.92. The average molecular weight is 287 g/mol. The van der Waals surface area contributed by atoms with Gasteiger partial charge < -0.3 is 14.8 Å². The van der Waals surface area contributed by atoms with Crippen molar-refractivity contribution in [2.75, 3.05) is 13.2 Å². The van der Waals surface area contributed by atoms with Crippen LogP contribution in [0.1, 0.15) is 65.7 Å². The monoisotopic (exact) mass is 287 g/mol. The van der Waals surface area contributed by atoms with Crippen LogP contribution in [0.2, 0.25) is 0 Å². The maximum Gasteiger partial charge on any atom is 0.407 e. The van der Waals surface area contributed by atoms with Crippen LogP contribution in [0.5, 0.6) is 0 Å². The van der Waals surface area contributed by atoms with E-state index in [0.29, 0.717) is 13.0 Å². The molecule has 0 heterocycles. The number of alkyl carbamates (subject to hydrolysis) is 1. The first kappa shape index (κ1) is 18.7. The molecule has 0 radical (unpaired) electrons. The van der Waals surface area contributed by atoms with Crippen LogP contribution >= 0.6 is 0 Å². The predicted molar refractivity (Wildman–Crippen MR) is 78.6 cm³/mol. The molecule has 5 nitrogen and oxygen atoms in total. The molecule has 0 aromatic rings. The number of unbranched alkanes of at least 4 members (excludes halogenated alkanes) is 4. The first-order valence-electron chi connectivity index (χ1n) is 7.75. The van der Waals surface area contributed by atoms with Crippen LogP contribution in [0.3, 0.4) is 0 Å². The second-order valence-electron chi connectivity index (χ2n) is 4.79. The third-order valence-electron chi connectivity index (χ3n) is 2.92. The van der Waals surface area contributed by atoms with Crippen molar-refractivity contribution in [1.29, 1.82) is 0 Å². The van der Waals surface area contributed by atoms with Gasteiger partial charge in [-0.2, -0.15) is 0 Å². The van der Waals surface area contributed by atoms with E-state index in [4.69, 9.17) is 9.47 Å². The van der Waals surface area contributed by atoms with Gasteiger partial charge in [-0.3, -0.25) is 0 Å². The molecule has 1 unspecified atom stereocenters. The van der Waals surface area contributed by atoms with Crippen molar-refractivity contribution in [1.82, 2.24) is 5.32 Å². The highest BCUT2D eigenvalue weighted by molar-refractivity contribution is 5.81. The van der Waals surface area contributed by atoms with Crippen molar-refractivity contribution in [3.63, 3.8) is 0 Å². The molecule has 0 rings (SSSR count). The van der Waals surface area contributed by atoms with Gasteiger partial charge in [-0.15, -0.1) is 0 Å². The first-order valence-corrected chi connectivity index (χ1v) is 7.75. The number of amides is 1. The molecule has 0 bridgehead atoms. The summed E-state index contributed by atoms with van der Waals surface area (Å²) in [4.78, 5) is 23.2. The number of esters is 1. The van der Waals surface area contributed by atoms with Crippen LogP contribution < -0.4 is 5.32 Å². The van der Waals surface area contributed by atoms with Crippen LogP contribution in [-0.2, 0) is 14.3 Å². The molecule has 0 aliphatic rings. The average Bonchev–Trinajstić information content (AvgIpc) is 2.42. The third kappa shape index (κ3) is 9.64. The van der Waals surface area contributed by atoms with E-state index in [2.05, 4.69) is 12.2 Å². The van der Waals surface area contributed by atoms with Crippen LogP contribution in [0.4, 0.5) is 4.79 Å². The standard InChI is InChI=1S/C15H29NO4/c1-4-7-8-9-10-12-20-14(17)13(11-5-2)16-15(18)19-6-3/h13H,4-12H2,1-3H3,(H,16,18). The molecule has 0 spiro atoms. The van der Waals surface area contributed by atoms with E-state index < -0.39 is 12.1 Å². The molecule has 0 aromatic heterocycles. The Morgan fingerprint density at radius 1 is 0.950 bits per heavy atom. The molecule has 1 atom stereocenters. The lowest BCUT2D eigenvalue weighted by Crippen LogP contribution is -2.42. The molecule has 20 heavy (non-hydrogen) atoms. The lowest BCUT2D eigenvalue weighted by molar-refractivity contribution is -0.146. The molecule has 0 aromatic carbocycles. The van der Waals surface area contributed by atoms with Gasteiger partial charge in [0.2, 0.25) is 0 Å². The van der Waals surface area contributed by atoms with E-state index in [0.717, 1.165) is 19.3 Å². The zero-order valence-corrected chi connectivity index (χ0v) is 13.1. The Kier molecular flexibility index (Phi) is 12.0. The van der Waals surface area contributed by atoms with E-state index in [-0.39, 0.29) is 12.6 Å². The summed E-state index contributed by atoms with van der Waals surface area (Å²) in [5.41, 5.74) is 0. The van der Waals surface area contributed by atoms with Crippen LogP contribution in [-0.4, -0.2) is 31.3 Å². The molecule has 118 valence electrons. The summed E-state index contributed by atoms with van der Waals surface area (Å²) in [6, 6.07) is -0.602. The van der Waals surface area contributed by atoms with Gasteiger partial charge in [-0.1, -0.05) is 46.0 Å². The topological polar surface area (TPSA) is 64.6 Å². The van der Waals surface area contributed by atoms with Gasteiger partial charge in [0, 0.05) is 0 Å². The molecular formula is C15H29NO4. The van der Waals surface area contributed by atoms with E-state index in [1.807, 2.05) is 6.92 Å². The largest absolute Gasteiger partial charge is 0.464 e. The van der Waals surface area contributed by atoms with E-state index >= 15 is 0 Å². The summed E-state index contributed by atoms with van der Waals surface area (Å²) >= 11 is 0. The number of ether oxygens (including phenoxy) is 2. The number of hydrogen-bond donors (Lipinski definition) is 1. The number of carbonyl (C=O) groups is 2. The smallest absolute Gasteiger partial charge is 0.407 e. The summed E-state index contributed by atoms with van der Waals surface area (Å²) in [7, 11) is 0. The second-order valence-corrected chi connectivity index (χ2v) is 4.79. The SMILES string of the molecule is CCCCCCCOC(=O)C(CCC)NC(=O)OCC. The summed E-state index contributed by atoms with van der Waals surface area (Å²) < 4.78 is 9.99. The summed E-state index contributed by atoms with van der Waals surface area (Å²) in [5, 5.41) is 2.54. The quantitative estimate of drug-likeness (QED) is 0.467. The van der Waals surface area contributed by atoms with Gasteiger partial charge in [-0.05, 0) is 19.8 Å². The Morgan fingerprint density at radius 3 is 2.25 bits per heavy atom. The Balaban J connectivity index is 3.93. The Labute approximate surface area is 122 Å². The van der Waals surface area contributed by atoms with Gasteiger partial charge in [0.1, 0.15) is 6.04 Å². The molecule has 0 fully saturated rings. The minimum absolute atomic E-state index is 0.289. The van der Waals surface area contributed by atoms with Crippen molar-refractivity contribution >= 4 is 12.1 Å². The molecule has 0 aliphatic heterocycles. The summed E-state index contributed by atoms with van der Waals surface area (Å²) in [6.07, 6.45) is 6.34. The fraction of sp³-hybridized carbons (Fsp3) is 0.867.